The predicted molar refractivity (Wildman–Crippen MR) is 147 cm³/mol. The second-order valence-electron chi connectivity index (χ2n) is 9.73. The Labute approximate surface area is 237 Å². The van der Waals surface area contributed by atoms with E-state index in [2.05, 4.69) is 5.32 Å². The number of carbonyl (C=O) groups excluding carboxylic acids is 3. The van der Waals surface area contributed by atoms with Gasteiger partial charge < -0.3 is 15.2 Å². The van der Waals surface area contributed by atoms with E-state index < -0.39 is 29.6 Å². The molecular formula is C30H31ClN3O6+. The summed E-state index contributed by atoms with van der Waals surface area (Å²) in [5, 5.41) is 12.6. The number of nitrogens with zero attached hydrogens (tertiary/aromatic N) is 2. The third-order valence-corrected chi connectivity index (χ3v) is 7.49. The Morgan fingerprint density at radius 2 is 1.80 bits per heavy atom. The van der Waals surface area contributed by atoms with E-state index in [0.717, 1.165) is 18.4 Å². The summed E-state index contributed by atoms with van der Waals surface area (Å²) in [6, 6.07) is 18.0. The van der Waals surface area contributed by atoms with Crippen molar-refractivity contribution in [1.82, 2.24) is 10.2 Å². The van der Waals surface area contributed by atoms with E-state index in [1.807, 2.05) is 6.07 Å². The number of ether oxygens (including phenoxy) is 1. The fourth-order valence-electron chi connectivity index (χ4n) is 5.04. The number of halogens is 1. The Balaban J connectivity index is 1.45. The van der Waals surface area contributed by atoms with Crippen molar-refractivity contribution in [3.63, 3.8) is 0 Å². The molecule has 0 aliphatic heterocycles. The van der Waals surface area contributed by atoms with Gasteiger partial charge in [0.25, 0.3) is 12.6 Å². The number of amides is 2. The molecule has 40 heavy (non-hydrogen) atoms. The maximum Gasteiger partial charge on any atom is 0.415 e. The van der Waals surface area contributed by atoms with Crippen LogP contribution in [0, 0.1) is 0 Å². The molecule has 3 aromatic rings. The van der Waals surface area contributed by atoms with Crippen molar-refractivity contribution in [3.05, 3.63) is 101 Å². The number of hydrogen-bond donors (Lipinski definition) is 2. The van der Waals surface area contributed by atoms with Gasteiger partial charge in [-0.1, -0.05) is 60.1 Å². The average molecular weight is 565 g/mol. The fourth-order valence-corrected chi connectivity index (χ4v) is 5.33. The lowest BCUT2D eigenvalue weighted by Gasteiger charge is -2.43. The molecule has 10 heteroatoms. The minimum absolute atomic E-state index is 0.0962. The number of rotatable bonds is 9. The van der Waals surface area contributed by atoms with Gasteiger partial charge in [-0.15, -0.1) is 0 Å². The maximum absolute atomic E-state index is 13.3. The summed E-state index contributed by atoms with van der Waals surface area (Å²) in [7, 11) is 1.53. The standard InChI is InChI=1S/C30H30ClN3O6/c1-33(30(16-8-7-15-26(30)35)23-13-5-6-14-24(23)31)29(39)40-20-34-17-9-12-22(19-34)27(36)32-25(28(37)38)18-21-10-3-2-4-11-21/h2-6,9-14,17,19,25H,7-8,15-16,18,20H2,1H3,(H-,32,36,37,38)/p+1/t25-,30?/m0/s1. The van der Waals surface area contributed by atoms with Crippen LogP contribution in [0.25, 0.3) is 0 Å². The van der Waals surface area contributed by atoms with Gasteiger partial charge in [-0.3, -0.25) is 14.5 Å². The van der Waals surface area contributed by atoms with Gasteiger partial charge in [0, 0.05) is 36.5 Å². The van der Waals surface area contributed by atoms with Crippen LogP contribution in [-0.2, 0) is 33.0 Å². The van der Waals surface area contributed by atoms with Gasteiger partial charge in [-0.2, -0.15) is 4.57 Å². The molecule has 1 saturated carbocycles. The number of hydrogen-bond acceptors (Lipinski definition) is 5. The lowest BCUT2D eigenvalue weighted by atomic mass is 9.74. The first-order valence-electron chi connectivity index (χ1n) is 13.0. The van der Waals surface area contributed by atoms with Crippen molar-refractivity contribution in [3.8, 4) is 0 Å². The molecule has 1 aliphatic rings. The molecule has 0 spiro atoms. The molecule has 1 aromatic heterocycles. The van der Waals surface area contributed by atoms with Crippen molar-refractivity contribution >= 4 is 35.4 Å². The van der Waals surface area contributed by atoms with Crippen LogP contribution >= 0.6 is 11.6 Å². The maximum atomic E-state index is 13.3. The summed E-state index contributed by atoms with van der Waals surface area (Å²) in [6.07, 6.45) is 4.73. The highest BCUT2D eigenvalue weighted by molar-refractivity contribution is 6.31. The third-order valence-electron chi connectivity index (χ3n) is 7.16. The number of carboxylic acid groups (broad SMARTS) is 1. The van der Waals surface area contributed by atoms with Crippen LogP contribution < -0.4 is 9.88 Å². The van der Waals surface area contributed by atoms with Crippen LogP contribution in [0.4, 0.5) is 4.79 Å². The van der Waals surface area contributed by atoms with Crippen molar-refractivity contribution in [1.29, 1.82) is 0 Å². The van der Waals surface area contributed by atoms with Crippen LogP contribution in [-0.4, -0.2) is 46.8 Å². The average Bonchev–Trinajstić information content (AvgIpc) is 2.96. The van der Waals surface area contributed by atoms with Crippen LogP contribution in [0.2, 0.25) is 5.02 Å². The molecular weight excluding hydrogens is 534 g/mol. The summed E-state index contributed by atoms with van der Waals surface area (Å²) >= 11 is 6.47. The van der Waals surface area contributed by atoms with Crippen LogP contribution in [0.1, 0.15) is 47.2 Å². The Bertz CT molecular complexity index is 1400. The number of aliphatic carboxylic acids is 1. The normalized spacial score (nSPS) is 17.5. The molecule has 1 unspecified atom stereocenters. The molecule has 0 radical (unpaired) electrons. The van der Waals surface area contributed by atoms with Gasteiger partial charge in [0.2, 0.25) is 0 Å². The molecule has 2 atom stereocenters. The zero-order valence-electron chi connectivity index (χ0n) is 22.1. The van der Waals surface area contributed by atoms with E-state index in [0.29, 0.717) is 23.4 Å². The van der Waals surface area contributed by atoms with Gasteiger partial charge in [0.05, 0.1) is 0 Å². The zero-order valence-corrected chi connectivity index (χ0v) is 22.8. The molecule has 2 N–H and O–H groups in total. The fraction of sp³-hybridized carbons (Fsp3) is 0.300. The summed E-state index contributed by atoms with van der Waals surface area (Å²) in [4.78, 5) is 52.4. The molecule has 0 saturated heterocycles. The number of pyridine rings is 1. The smallest absolute Gasteiger partial charge is 0.415 e. The van der Waals surface area contributed by atoms with Crippen molar-refractivity contribution in [2.75, 3.05) is 7.05 Å². The summed E-state index contributed by atoms with van der Waals surface area (Å²) in [5.41, 5.74) is 0.308. The van der Waals surface area contributed by atoms with Crippen LogP contribution in [0.15, 0.2) is 79.1 Å². The lowest BCUT2D eigenvalue weighted by Crippen LogP contribution is -2.55. The first-order valence-corrected chi connectivity index (χ1v) is 13.4. The van der Waals surface area contributed by atoms with Crippen LogP contribution in [0.3, 0.4) is 0 Å². The van der Waals surface area contributed by atoms with E-state index in [1.54, 1.807) is 60.8 Å². The molecule has 1 aliphatic carbocycles. The summed E-state index contributed by atoms with van der Waals surface area (Å²) < 4.78 is 7.02. The van der Waals surface area contributed by atoms with Crippen molar-refractivity contribution in [2.45, 2.75) is 50.4 Å². The Kier molecular flexibility index (Phi) is 9.16. The first kappa shape index (κ1) is 28.8. The molecule has 208 valence electrons. The van der Waals surface area contributed by atoms with E-state index in [-0.39, 0.29) is 24.5 Å². The summed E-state index contributed by atoms with van der Waals surface area (Å²) in [6.45, 7) is -0.233. The van der Waals surface area contributed by atoms with Gasteiger partial charge in [0.15, 0.2) is 18.2 Å². The monoisotopic (exact) mass is 564 g/mol. The number of likely N-dealkylation sites (N-methyl/N-ethyl adjacent to an activating group) is 1. The largest absolute Gasteiger partial charge is 0.480 e. The number of nitrogens with one attached hydrogen (secondary N) is 1. The number of carboxylic acids is 1. The number of ketones is 1. The van der Waals surface area contributed by atoms with Gasteiger partial charge in [-0.05, 0) is 37.0 Å². The number of benzene rings is 2. The highest BCUT2D eigenvalue weighted by Gasteiger charge is 2.48. The number of Topliss-reactive ketones (excluding diaryl/α,β-unsaturated/α-hetero) is 1. The molecule has 2 aromatic carbocycles. The quantitative estimate of drug-likeness (QED) is 0.378. The lowest BCUT2D eigenvalue weighted by molar-refractivity contribution is -0.727. The highest BCUT2D eigenvalue weighted by atomic mass is 35.5. The van der Waals surface area contributed by atoms with Crippen molar-refractivity contribution in [2.24, 2.45) is 0 Å². The molecule has 9 nitrogen and oxygen atoms in total. The summed E-state index contributed by atoms with van der Waals surface area (Å²) in [5.74, 6) is -1.82. The van der Waals surface area contributed by atoms with Gasteiger partial charge in [-0.25, -0.2) is 9.59 Å². The Morgan fingerprint density at radius 1 is 1.07 bits per heavy atom. The predicted octanol–water partition coefficient (Wildman–Crippen LogP) is 4.12. The van der Waals surface area contributed by atoms with E-state index >= 15 is 0 Å². The Hall–Kier alpha value is -4.24. The first-order chi connectivity index (χ1) is 19.2. The molecule has 1 heterocycles. The number of aromatic nitrogens is 1. The molecule has 1 fully saturated rings. The molecule has 0 bridgehead atoms. The van der Waals surface area contributed by atoms with Crippen molar-refractivity contribution < 1.29 is 33.6 Å². The molecule has 4 rings (SSSR count). The van der Waals surface area contributed by atoms with Gasteiger partial charge >= 0.3 is 12.1 Å². The second kappa shape index (κ2) is 12.7. The Morgan fingerprint density at radius 3 is 2.50 bits per heavy atom. The van der Waals surface area contributed by atoms with E-state index in [4.69, 9.17) is 16.3 Å². The SMILES string of the molecule is CN(C(=O)OC[n+]1cccc(C(=O)N[C@@H](Cc2ccccc2)C(=O)O)c1)C1(c2ccccc2Cl)CCCCC1=O. The van der Waals surface area contributed by atoms with Gasteiger partial charge in [0.1, 0.15) is 17.1 Å². The third kappa shape index (κ3) is 6.31. The topological polar surface area (TPSA) is 117 Å². The minimum atomic E-state index is -1.23. The van der Waals surface area contributed by atoms with E-state index in [9.17, 15) is 24.3 Å². The molecule has 2 amide bonds. The second-order valence-corrected chi connectivity index (χ2v) is 10.1. The van der Waals surface area contributed by atoms with E-state index in [1.165, 1.54) is 28.8 Å². The highest BCUT2D eigenvalue weighted by Crippen LogP contribution is 2.42. The number of carbonyl (C=O) groups is 4. The zero-order chi connectivity index (χ0) is 28.7. The minimum Gasteiger partial charge on any atom is -0.480 e. The van der Waals surface area contributed by atoms with Crippen LogP contribution in [0.5, 0.6) is 0 Å².